The minimum absolute atomic E-state index is 0.207. The first-order valence-electron chi connectivity index (χ1n) is 5.56. The van der Waals surface area contributed by atoms with E-state index in [2.05, 4.69) is 34.7 Å². The van der Waals surface area contributed by atoms with Gasteiger partial charge < -0.3 is 10.0 Å². The third-order valence-corrected chi connectivity index (χ3v) is 4.31. The maximum absolute atomic E-state index is 9.51. The van der Waals surface area contributed by atoms with Crippen LogP contribution in [0, 0.1) is 5.41 Å². The molecule has 2 nitrogen and oxygen atoms in total. The van der Waals surface area contributed by atoms with E-state index < -0.39 is 0 Å². The van der Waals surface area contributed by atoms with Gasteiger partial charge >= 0.3 is 0 Å². The summed E-state index contributed by atoms with van der Waals surface area (Å²) in [4.78, 5) is 2.38. The van der Waals surface area contributed by atoms with Crippen molar-refractivity contribution >= 4 is 15.9 Å². The lowest BCUT2D eigenvalue weighted by Gasteiger charge is -2.39. The predicted molar refractivity (Wildman–Crippen MR) is 63.9 cm³/mol. The molecule has 0 saturated carbocycles. The molecule has 14 heavy (non-hydrogen) atoms. The summed E-state index contributed by atoms with van der Waals surface area (Å²) in [7, 11) is 0. The van der Waals surface area contributed by atoms with E-state index in [1.807, 2.05) is 0 Å². The fourth-order valence-corrected chi connectivity index (χ4v) is 2.18. The lowest BCUT2D eigenvalue weighted by molar-refractivity contribution is 0.0721. The first-order chi connectivity index (χ1) is 6.59. The van der Waals surface area contributed by atoms with Gasteiger partial charge in [0.2, 0.25) is 0 Å². The van der Waals surface area contributed by atoms with Gasteiger partial charge in [0.1, 0.15) is 0 Å². The standard InChI is InChI=1S/C11H22BrNO/c1-3-11(2)4-6-13(7-5-11)9-10(14)8-12/h10,14H,3-9H2,1-2H3. The second-order valence-electron chi connectivity index (χ2n) is 4.77. The molecule has 0 aromatic carbocycles. The molecule has 3 heteroatoms. The summed E-state index contributed by atoms with van der Waals surface area (Å²) in [6, 6.07) is 0. The van der Waals surface area contributed by atoms with E-state index in [1.165, 1.54) is 19.3 Å². The fourth-order valence-electron chi connectivity index (χ4n) is 1.98. The van der Waals surface area contributed by atoms with E-state index in [0.717, 1.165) is 19.6 Å². The molecule has 1 rings (SSSR count). The molecule has 1 N–H and O–H groups in total. The van der Waals surface area contributed by atoms with Crippen molar-refractivity contribution in [3.8, 4) is 0 Å². The van der Waals surface area contributed by atoms with Crippen molar-refractivity contribution < 1.29 is 5.11 Å². The summed E-state index contributed by atoms with van der Waals surface area (Å²) in [6.07, 6.45) is 3.62. The van der Waals surface area contributed by atoms with Gasteiger partial charge in [-0.1, -0.05) is 36.2 Å². The Bertz CT molecular complexity index is 167. The van der Waals surface area contributed by atoms with Crippen LogP contribution in [0.3, 0.4) is 0 Å². The average Bonchev–Trinajstić information content (AvgIpc) is 2.21. The molecule has 1 atom stereocenters. The van der Waals surface area contributed by atoms with Crippen LogP contribution in [0.1, 0.15) is 33.1 Å². The Morgan fingerprint density at radius 1 is 1.43 bits per heavy atom. The largest absolute Gasteiger partial charge is 0.391 e. The van der Waals surface area contributed by atoms with Crippen LogP contribution >= 0.6 is 15.9 Å². The highest BCUT2D eigenvalue weighted by atomic mass is 79.9. The Morgan fingerprint density at radius 2 is 2.00 bits per heavy atom. The van der Waals surface area contributed by atoms with Crippen LogP contribution in [0.2, 0.25) is 0 Å². The van der Waals surface area contributed by atoms with Crippen LogP contribution in [-0.4, -0.2) is 41.1 Å². The van der Waals surface area contributed by atoms with Crippen molar-refractivity contribution in [1.29, 1.82) is 0 Å². The molecular weight excluding hydrogens is 242 g/mol. The van der Waals surface area contributed by atoms with E-state index >= 15 is 0 Å². The van der Waals surface area contributed by atoms with Crippen LogP contribution in [0.15, 0.2) is 0 Å². The minimum atomic E-state index is -0.207. The van der Waals surface area contributed by atoms with Crippen molar-refractivity contribution in [2.24, 2.45) is 5.41 Å². The summed E-state index contributed by atoms with van der Waals surface area (Å²) < 4.78 is 0. The van der Waals surface area contributed by atoms with Gasteiger partial charge in [-0.15, -0.1) is 0 Å². The number of rotatable bonds is 4. The van der Waals surface area contributed by atoms with Gasteiger partial charge in [-0.25, -0.2) is 0 Å². The number of likely N-dealkylation sites (tertiary alicyclic amines) is 1. The summed E-state index contributed by atoms with van der Waals surface area (Å²) >= 11 is 3.30. The van der Waals surface area contributed by atoms with Crippen LogP contribution in [-0.2, 0) is 0 Å². The smallest absolute Gasteiger partial charge is 0.0763 e. The molecule has 1 unspecified atom stereocenters. The number of alkyl halides is 1. The van der Waals surface area contributed by atoms with Crippen molar-refractivity contribution in [3.63, 3.8) is 0 Å². The van der Waals surface area contributed by atoms with E-state index in [-0.39, 0.29) is 6.10 Å². The first-order valence-corrected chi connectivity index (χ1v) is 6.68. The zero-order valence-electron chi connectivity index (χ0n) is 9.30. The summed E-state index contributed by atoms with van der Waals surface area (Å²) in [5, 5.41) is 10.2. The molecule has 0 amide bonds. The van der Waals surface area contributed by atoms with Crippen molar-refractivity contribution in [2.75, 3.05) is 25.0 Å². The van der Waals surface area contributed by atoms with Gasteiger partial charge in [-0.3, -0.25) is 0 Å². The lowest BCUT2D eigenvalue weighted by atomic mass is 9.78. The Labute approximate surface area is 95.8 Å². The van der Waals surface area contributed by atoms with E-state index in [0.29, 0.717) is 10.7 Å². The van der Waals surface area contributed by atoms with Crippen LogP contribution in [0.25, 0.3) is 0 Å². The maximum Gasteiger partial charge on any atom is 0.0763 e. The van der Waals surface area contributed by atoms with Crippen LogP contribution in [0.4, 0.5) is 0 Å². The lowest BCUT2D eigenvalue weighted by Crippen LogP contribution is -2.42. The number of nitrogens with zero attached hydrogens (tertiary/aromatic N) is 1. The Kier molecular flexibility index (Phi) is 4.88. The zero-order chi connectivity index (χ0) is 10.6. The van der Waals surface area contributed by atoms with Crippen LogP contribution < -0.4 is 0 Å². The second kappa shape index (κ2) is 5.47. The van der Waals surface area contributed by atoms with E-state index in [9.17, 15) is 5.11 Å². The molecule has 0 aromatic rings. The van der Waals surface area contributed by atoms with E-state index in [4.69, 9.17) is 0 Å². The molecule has 0 aromatic heterocycles. The number of aliphatic hydroxyl groups is 1. The molecule has 1 saturated heterocycles. The number of aliphatic hydroxyl groups excluding tert-OH is 1. The third kappa shape index (κ3) is 3.52. The van der Waals surface area contributed by atoms with Gasteiger partial charge in [0, 0.05) is 11.9 Å². The van der Waals surface area contributed by atoms with Crippen molar-refractivity contribution in [1.82, 2.24) is 4.90 Å². The highest BCUT2D eigenvalue weighted by Crippen LogP contribution is 2.33. The van der Waals surface area contributed by atoms with Gasteiger partial charge in [0.25, 0.3) is 0 Å². The molecule has 84 valence electrons. The molecular formula is C11H22BrNO. The molecule has 1 fully saturated rings. The summed E-state index contributed by atoms with van der Waals surface area (Å²) in [5.74, 6) is 0. The number of halogens is 1. The Morgan fingerprint density at radius 3 is 2.43 bits per heavy atom. The molecule has 0 bridgehead atoms. The average molecular weight is 264 g/mol. The fraction of sp³-hybridized carbons (Fsp3) is 1.00. The van der Waals surface area contributed by atoms with Crippen LogP contribution in [0.5, 0.6) is 0 Å². The topological polar surface area (TPSA) is 23.5 Å². The van der Waals surface area contributed by atoms with Gasteiger partial charge in [-0.2, -0.15) is 0 Å². The van der Waals surface area contributed by atoms with Gasteiger partial charge in [-0.05, 0) is 31.3 Å². The highest BCUT2D eigenvalue weighted by Gasteiger charge is 2.28. The van der Waals surface area contributed by atoms with Gasteiger partial charge in [0.05, 0.1) is 6.10 Å². The van der Waals surface area contributed by atoms with E-state index in [1.54, 1.807) is 0 Å². The van der Waals surface area contributed by atoms with Crippen molar-refractivity contribution in [2.45, 2.75) is 39.2 Å². The SMILES string of the molecule is CCC1(C)CCN(CC(O)CBr)CC1. The Hall–Kier alpha value is 0.400. The molecule has 1 aliphatic rings. The highest BCUT2D eigenvalue weighted by molar-refractivity contribution is 9.09. The molecule has 0 radical (unpaired) electrons. The first kappa shape index (κ1) is 12.5. The molecule has 1 aliphatic heterocycles. The molecule has 1 heterocycles. The predicted octanol–water partition coefficient (Wildman–Crippen LogP) is 2.25. The second-order valence-corrected chi connectivity index (χ2v) is 5.42. The maximum atomic E-state index is 9.51. The number of hydrogen-bond donors (Lipinski definition) is 1. The number of piperidine rings is 1. The third-order valence-electron chi connectivity index (χ3n) is 3.56. The molecule has 0 aliphatic carbocycles. The summed E-state index contributed by atoms with van der Waals surface area (Å²) in [5.41, 5.74) is 0.551. The normalized spacial score (nSPS) is 24.9. The molecule has 0 spiro atoms. The number of β-amino-alcohol motifs (C(OH)–C–C–N with tert-alkyl or cyclic N) is 1. The van der Waals surface area contributed by atoms with Crippen molar-refractivity contribution in [3.05, 3.63) is 0 Å². The number of hydrogen-bond acceptors (Lipinski definition) is 2. The quantitative estimate of drug-likeness (QED) is 0.787. The zero-order valence-corrected chi connectivity index (χ0v) is 10.9. The Balaban J connectivity index is 2.29. The summed E-state index contributed by atoms with van der Waals surface area (Å²) in [6.45, 7) is 7.78. The van der Waals surface area contributed by atoms with Gasteiger partial charge in [0.15, 0.2) is 0 Å². The minimum Gasteiger partial charge on any atom is -0.391 e. The monoisotopic (exact) mass is 263 g/mol.